The van der Waals surface area contributed by atoms with Crippen LogP contribution in [0.1, 0.15) is 12.5 Å². The smallest absolute Gasteiger partial charge is 0.326 e. The van der Waals surface area contributed by atoms with E-state index < -0.39 is 0 Å². The van der Waals surface area contributed by atoms with Gasteiger partial charge in [-0.15, -0.1) is 0 Å². The van der Waals surface area contributed by atoms with Crippen molar-refractivity contribution in [2.75, 3.05) is 13.2 Å². The number of nitrogens with zero attached hydrogens (tertiary/aromatic N) is 2. The van der Waals surface area contributed by atoms with Crippen molar-refractivity contribution in [2.45, 2.75) is 12.5 Å². The van der Waals surface area contributed by atoms with Crippen LogP contribution in [0.2, 0.25) is 0 Å². The Labute approximate surface area is 122 Å². The van der Waals surface area contributed by atoms with Crippen molar-refractivity contribution in [3.8, 4) is 0 Å². The minimum Gasteiger partial charge on any atom is -0.379 e. The molecule has 5 nitrogen and oxygen atoms in total. The Morgan fingerprint density at radius 3 is 3.15 bits per heavy atom. The Bertz CT molecular complexity index is 862. The van der Waals surface area contributed by atoms with Crippen LogP contribution in [0.5, 0.6) is 0 Å². The van der Waals surface area contributed by atoms with Crippen molar-refractivity contribution in [3.63, 3.8) is 0 Å². The molecule has 1 aromatic carbocycles. The number of aromatic amines is 1. The summed E-state index contributed by atoms with van der Waals surface area (Å²) in [5.74, 6) is 0. The highest BCUT2D eigenvalue weighted by atomic mass is 79.9. The number of fused-ring (bicyclic) bond motifs is 3. The molecule has 0 spiro atoms. The molecule has 1 aliphatic heterocycles. The van der Waals surface area contributed by atoms with Gasteiger partial charge in [0.1, 0.15) is 0 Å². The first-order valence-electron chi connectivity index (χ1n) is 6.50. The number of nitrogens with one attached hydrogen (secondary N) is 1. The summed E-state index contributed by atoms with van der Waals surface area (Å²) in [5.41, 5.74) is 2.47. The number of ether oxygens (including phenoxy) is 1. The molecular weight excluding hydrogens is 322 g/mol. The minimum absolute atomic E-state index is 0.0928. The number of halogens is 1. The Morgan fingerprint density at radius 2 is 2.35 bits per heavy atom. The Balaban J connectivity index is 2.13. The average Bonchev–Trinajstić information content (AvgIpc) is 3.04. The second-order valence-electron chi connectivity index (χ2n) is 5.00. The topological polar surface area (TPSA) is 59.9 Å². The predicted octanol–water partition coefficient (Wildman–Crippen LogP) is 2.60. The highest BCUT2D eigenvalue weighted by molar-refractivity contribution is 9.10. The van der Waals surface area contributed by atoms with E-state index in [0.29, 0.717) is 13.2 Å². The van der Waals surface area contributed by atoms with Crippen LogP contribution in [0.15, 0.2) is 33.7 Å². The second-order valence-corrected chi connectivity index (χ2v) is 5.92. The molecule has 1 atom stereocenters. The summed E-state index contributed by atoms with van der Waals surface area (Å²) in [6.45, 7) is 1.29. The van der Waals surface area contributed by atoms with Gasteiger partial charge in [-0.3, -0.25) is 9.55 Å². The fraction of sp³-hybridized carbons (Fsp3) is 0.286. The van der Waals surface area contributed by atoms with E-state index in [9.17, 15) is 4.79 Å². The van der Waals surface area contributed by atoms with E-state index in [1.807, 2.05) is 22.8 Å². The number of hydrogen-bond donors (Lipinski definition) is 1. The highest BCUT2D eigenvalue weighted by Crippen LogP contribution is 2.28. The van der Waals surface area contributed by atoms with Crippen LogP contribution in [0.4, 0.5) is 0 Å². The lowest BCUT2D eigenvalue weighted by Gasteiger charge is -2.11. The molecule has 1 N–H and O–H groups in total. The minimum atomic E-state index is -0.0928. The monoisotopic (exact) mass is 333 g/mol. The standard InChI is InChI=1S/C14H12BrN3O2/c15-8-1-2-11-10(5-8)13-12(6-16-11)17-14(19)18(13)9-3-4-20-7-9/h1-2,5-6,9H,3-4,7H2,(H,17,19)/t9-/m1/s1. The lowest BCUT2D eigenvalue weighted by atomic mass is 10.1. The van der Waals surface area contributed by atoms with Gasteiger partial charge in [-0.1, -0.05) is 15.9 Å². The first-order valence-corrected chi connectivity index (χ1v) is 7.29. The van der Waals surface area contributed by atoms with E-state index in [1.165, 1.54) is 0 Å². The van der Waals surface area contributed by atoms with Gasteiger partial charge in [0.05, 0.1) is 35.4 Å². The summed E-state index contributed by atoms with van der Waals surface area (Å²) in [4.78, 5) is 19.6. The Kier molecular flexibility index (Phi) is 2.68. The fourth-order valence-corrected chi connectivity index (χ4v) is 3.21. The van der Waals surface area contributed by atoms with Gasteiger partial charge in [-0.2, -0.15) is 0 Å². The summed E-state index contributed by atoms with van der Waals surface area (Å²) >= 11 is 3.48. The molecule has 0 radical (unpaired) electrons. The van der Waals surface area contributed by atoms with Crippen molar-refractivity contribution >= 4 is 37.9 Å². The van der Waals surface area contributed by atoms with Gasteiger partial charge in [0, 0.05) is 16.5 Å². The molecule has 0 saturated carbocycles. The molecule has 2 aromatic heterocycles. The predicted molar refractivity (Wildman–Crippen MR) is 80.0 cm³/mol. The van der Waals surface area contributed by atoms with Gasteiger partial charge in [0.15, 0.2) is 0 Å². The van der Waals surface area contributed by atoms with Crippen molar-refractivity contribution in [1.82, 2.24) is 14.5 Å². The van der Waals surface area contributed by atoms with Gasteiger partial charge in [0.25, 0.3) is 0 Å². The number of H-pyrrole nitrogens is 1. The SMILES string of the molecule is O=c1[nH]c2cnc3ccc(Br)cc3c2n1[C@@H]1CCOC1. The van der Waals surface area contributed by atoms with Crippen molar-refractivity contribution in [3.05, 3.63) is 39.4 Å². The quantitative estimate of drug-likeness (QED) is 0.744. The molecule has 0 bridgehead atoms. The maximum absolute atomic E-state index is 12.3. The zero-order valence-electron chi connectivity index (χ0n) is 10.6. The molecule has 0 amide bonds. The lowest BCUT2D eigenvalue weighted by Crippen LogP contribution is -2.22. The summed E-state index contributed by atoms with van der Waals surface area (Å²) in [7, 11) is 0. The molecule has 3 heterocycles. The molecule has 102 valence electrons. The summed E-state index contributed by atoms with van der Waals surface area (Å²) in [5, 5.41) is 0.974. The van der Waals surface area contributed by atoms with Crippen LogP contribution in [-0.2, 0) is 4.74 Å². The summed E-state index contributed by atoms with van der Waals surface area (Å²) in [6.07, 6.45) is 2.59. The molecule has 1 aliphatic rings. The molecule has 6 heteroatoms. The third-order valence-corrected chi connectivity index (χ3v) is 4.27. The maximum Gasteiger partial charge on any atom is 0.326 e. The third-order valence-electron chi connectivity index (χ3n) is 3.77. The zero-order chi connectivity index (χ0) is 13.7. The van der Waals surface area contributed by atoms with Gasteiger partial charge in [-0.25, -0.2) is 4.79 Å². The number of hydrogen-bond acceptors (Lipinski definition) is 3. The van der Waals surface area contributed by atoms with E-state index in [1.54, 1.807) is 6.20 Å². The number of pyridine rings is 1. The van der Waals surface area contributed by atoms with Crippen LogP contribution >= 0.6 is 15.9 Å². The van der Waals surface area contributed by atoms with Gasteiger partial charge >= 0.3 is 5.69 Å². The van der Waals surface area contributed by atoms with Crippen molar-refractivity contribution in [2.24, 2.45) is 0 Å². The van der Waals surface area contributed by atoms with Gasteiger partial charge in [-0.05, 0) is 24.6 Å². The molecule has 1 fully saturated rings. The number of rotatable bonds is 1. The zero-order valence-corrected chi connectivity index (χ0v) is 12.2. The van der Waals surface area contributed by atoms with Gasteiger partial charge < -0.3 is 9.72 Å². The third kappa shape index (κ3) is 1.72. The normalized spacial score (nSPS) is 19.1. The number of imidazole rings is 1. The average molecular weight is 334 g/mol. The Morgan fingerprint density at radius 1 is 1.45 bits per heavy atom. The lowest BCUT2D eigenvalue weighted by molar-refractivity contribution is 0.186. The summed E-state index contributed by atoms with van der Waals surface area (Å²) in [6, 6.07) is 6.01. The second kappa shape index (κ2) is 4.43. The first kappa shape index (κ1) is 12.1. The first-order chi connectivity index (χ1) is 9.74. The van der Waals surface area contributed by atoms with Crippen molar-refractivity contribution in [1.29, 1.82) is 0 Å². The van der Waals surface area contributed by atoms with E-state index in [2.05, 4.69) is 25.9 Å². The Hall–Kier alpha value is -1.66. The van der Waals surface area contributed by atoms with Crippen LogP contribution in [0, 0.1) is 0 Å². The van der Waals surface area contributed by atoms with Crippen LogP contribution in [0.3, 0.4) is 0 Å². The highest BCUT2D eigenvalue weighted by Gasteiger charge is 2.23. The van der Waals surface area contributed by atoms with E-state index in [4.69, 9.17) is 4.74 Å². The molecule has 3 aromatic rings. The van der Waals surface area contributed by atoms with Gasteiger partial charge in [0.2, 0.25) is 0 Å². The van der Waals surface area contributed by atoms with Crippen LogP contribution in [0.25, 0.3) is 21.9 Å². The molecule has 0 aliphatic carbocycles. The largest absolute Gasteiger partial charge is 0.379 e. The molecular formula is C14H12BrN3O2. The van der Waals surface area contributed by atoms with Crippen LogP contribution < -0.4 is 5.69 Å². The van der Waals surface area contributed by atoms with Crippen LogP contribution in [-0.4, -0.2) is 27.7 Å². The number of aromatic nitrogens is 3. The van der Waals surface area contributed by atoms with Crippen molar-refractivity contribution < 1.29 is 4.74 Å². The molecule has 4 rings (SSSR count). The molecule has 20 heavy (non-hydrogen) atoms. The van der Waals surface area contributed by atoms with E-state index in [-0.39, 0.29) is 11.7 Å². The molecule has 0 unspecified atom stereocenters. The maximum atomic E-state index is 12.3. The fourth-order valence-electron chi connectivity index (χ4n) is 2.85. The van der Waals surface area contributed by atoms with E-state index in [0.717, 1.165) is 32.8 Å². The molecule has 1 saturated heterocycles. The van der Waals surface area contributed by atoms with E-state index >= 15 is 0 Å². The number of benzene rings is 1. The summed E-state index contributed by atoms with van der Waals surface area (Å²) < 4.78 is 8.21.